The van der Waals surface area contributed by atoms with Crippen LogP contribution in [0.2, 0.25) is 0 Å². The quantitative estimate of drug-likeness (QED) is 0.711. The second-order valence-electron chi connectivity index (χ2n) is 10.7. The van der Waals surface area contributed by atoms with Crippen LogP contribution in [-0.2, 0) is 28.0 Å². The zero-order valence-corrected chi connectivity index (χ0v) is 20.3. The van der Waals surface area contributed by atoms with Crippen LogP contribution in [0.3, 0.4) is 0 Å². The molecule has 2 N–H and O–H groups in total. The number of hydrogen-bond acceptors (Lipinski definition) is 4. The van der Waals surface area contributed by atoms with E-state index in [1.54, 1.807) is 4.90 Å². The van der Waals surface area contributed by atoms with E-state index in [1.165, 1.54) is 11.1 Å². The fourth-order valence-electron chi connectivity index (χ4n) is 6.34. The number of nitrogens with zero attached hydrogens (tertiary/aromatic N) is 2. The summed E-state index contributed by atoms with van der Waals surface area (Å²) in [4.78, 5) is 30.3. The third kappa shape index (κ3) is 5.00. The molecule has 2 amide bonds. The number of hydrogen-bond donors (Lipinski definition) is 2. The smallest absolute Gasteiger partial charge is 0.251 e. The van der Waals surface area contributed by atoms with Crippen molar-refractivity contribution in [2.24, 2.45) is 5.92 Å². The van der Waals surface area contributed by atoms with Gasteiger partial charge < -0.3 is 20.0 Å². The summed E-state index contributed by atoms with van der Waals surface area (Å²) in [6.45, 7) is 2.47. The van der Waals surface area contributed by atoms with E-state index in [0.717, 1.165) is 31.2 Å². The first-order valence-electron chi connectivity index (χ1n) is 13.0. The van der Waals surface area contributed by atoms with Gasteiger partial charge in [-0.3, -0.25) is 9.59 Å². The van der Waals surface area contributed by atoms with Crippen LogP contribution in [0, 0.1) is 5.92 Å². The Kier molecular flexibility index (Phi) is 6.94. The van der Waals surface area contributed by atoms with Crippen LogP contribution in [0.25, 0.3) is 0 Å². The average Bonchev–Trinajstić information content (AvgIpc) is 2.89. The molecule has 2 aromatic carbocycles. The molecule has 0 unspecified atom stereocenters. The number of amides is 2. The van der Waals surface area contributed by atoms with Crippen LogP contribution in [0.4, 0.5) is 0 Å². The normalized spacial score (nSPS) is 24.6. The highest BCUT2D eigenvalue weighted by atomic mass is 16.3. The fraction of sp³-hybridized carbons (Fsp3) is 0.517. The first-order valence-corrected chi connectivity index (χ1v) is 13.0. The molecule has 2 heterocycles. The molecule has 186 valence electrons. The molecule has 1 saturated heterocycles. The van der Waals surface area contributed by atoms with Gasteiger partial charge in [0.2, 0.25) is 5.91 Å². The molecule has 6 nitrogen and oxygen atoms in total. The number of piperidine rings is 1. The monoisotopic (exact) mass is 476 g/mol. The van der Waals surface area contributed by atoms with E-state index in [0.29, 0.717) is 45.4 Å². The number of aliphatic hydroxyl groups excluding tert-OH is 2. The predicted octanol–water partition coefficient (Wildman–Crippen LogP) is 3.04. The first-order chi connectivity index (χ1) is 16.9. The lowest BCUT2D eigenvalue weighted by Crippen LogP contribution is -2.56. The summed E-state index contributed by atoms with van der Waals surface area (Å²) >= 11 is 0. The largest absolute Gasteiger partial charge is 0.393 e. The van der Waals surface area contributed by atoms with Crippen LogP contribution in [0.15, 0.2) is 54.6 Å². The van der Waals surface area contributed by atoms with Crippen LogP contribution < -0.4 is 0 Å². The van der Waals surface area contributed by atoms with Crippen molar-refractivity contribution in [2.75, 3.05) is 19.6 Å². The maximum absolute atomic E-state index is 13.5. The van der Waals surface area contributed by atoms with Crippen LogP contribution in [0.1, 0.15) is 55.2 Å². The first kappa shape index (κ1) is 24.0. The summed E-state index contributed by atoms with van der Waals surface area (Å²) in [7, 11) is 0. The molecule has 1 aliphatic carbocycles. The third-order valence-electron chi connectivity index (χ3n) is 8.39. The molecule has 1 spiro atoms. The van der Waals surface area contributed by atoms with Gasteiger partial charge in [0.15, 0.2) is 0 Å². The van der Waals surface area contributed by atoms with Gasteiger partial charge in [-0.25, -0.2) is 0 Å². The lowest BCUT2D eigenvalue weighted by Gasteiger charge is -2.49. The van der Waals surface area contributed by atoms with Gasteiger partial charge in [0.1, 0.15) is 6.10 Å². The van der Waals surface area contributed by atoms with Crippen molar-refractivity contribution < 1.29 is 19.8 Å². The highest BCUT2D eigenvalue weighted by molar-refractivity contribution is 5.81. The van der Waals surface area contributed by atoms with Crippen LogP contribution >= 0.6 is 0 Å². The number of fused-ring (bicyclic) bond motifs is 2. The number of benzene rings is 2. The van der Waals surface area contributed by atoms with E-state index in [-0.39, 0.29) is 29.3 Å². The van der Waals surface area contributed by atoms with Gasteiger partial charge in [-0.1, -0.05) is 54.6 Å². The summed E-state index contributed by atoms with van der Waals surface area (Å²) in [5, 5.41) is 20.5. The topological polar surface area (TPSA) is 81.1 Å². The van der Waals surface area contributed by atoms with Gasteiger partial charge in [-0.2, -0.15) is 0 Å². The van der Waals surface area contributed by atoms with Crippen molar-refractivity contribution in [3.63, 3.8) is 0 Å². The summed E-state index contributed by atoms with van der Waals surface area (Å²) in [5.74, 6) is -0.000395. The Morgan fingerprint density at radius 1 is 0.914 bits per heavy atom. The second kappa shape index (κ2) is 10.1. The number of aliphatic hydroxyl groups is 2. The SMILES string of the molecule is O=C(C1CCC(O)CC1)N1Cc2ccccc2C2(CCN(C(=O)[C@@H](O)Cc3ccccc3)CC2)C1. The average molecular weight is 477 g/mol. The molecular weight excluding hydrogens is 440 g/mol. The molecule has 1 atom stereocenters. The van der Waals surface area contributed by atoms with Gasteiger partial charge in [-0.15, -0.1) is 0 Å². The number of carbonyl (C=O) groups excluding carboxylic acids is 2. The molecule has 2 aromatic rings. The van der Waals surface area contributed by atoms with Gasteiger partial charge in [0.05, 0.1) is 6.10 Å². The zero-order valence-electron chi connectivity index (χ0n) is 20.3. The summed E-state index contributed by atoms with van der Waals surface area (Å²) < 4.78 is 0. The molecule has 2 aliphatic heterocycles. The van der Waals surface area contributed by atoms with E-state index >= 15 is 0 Å². The number of carbonyl (C=O) groups is 2. The molecule has 5 rings (SSSR count). The Morgan fingerprint density at radius 3 is 2.29 bits per heavy atom. The molecule has 0 aromatic heterocycles. The van der Waals surface area contributed by atoms with Crippen molar-refractivity contribution >= 4 is 11.8 Å². The Hall–Kier alpha value is -2.70. The Morgan fingerprint density at radius 2 is 1.57 bits per heavy atom. The molecule has 1 saturated carbocycles. The molecule has 35 heavy (non-hydrogen) atoms. The highest BCUT2D eigenvalue weighted by Gasteiger charge is 2.45. The standard InChI is InChI=1S/C29H36N2O4/c32-24-12-10-22(11-13-24)27(34)31-19-23-8-4-5-9-25(23)29(20-31)14-16-30(17-15-29)28(35)26(33)18-21-6-2-1-3-7-21/h1-9,22,24,26,32-33H,10-20H2/t22?,24?,26-/m0/s1. The fourth-order valence-corrected chi connectivity index (χ4v) is 6.34. The summed E-state index contributed by atoms with van der Waals surface area (Å²) in [6, 6.07) is 18.0. The minimum Gasteiger partial charge on any atom is -0.393 e. The van der Waals surface area contributed by atoms with Crippen LogP contribution in [0.5, 0.6) is 0 Å². The van der Waals surface area contributed by atoms with E-state index < -0.39 is 6.10 Å². The number of rotatable bonds is 4. The lowest BCUT2D eigenvalue weighted by atomic mass is 9.68. The molecular formula is C29H36N2O4. The van der Waals surface area contributed by atoms with Gasteiger partial charge in [0, 0.05) is 43.9 Å². The molecule has 2 fully saturated rings. The Labute approximate surface area is 207 Å². The predicted molar refractivity (Wildman–Crippen MR) is 133 cm³/mol. The Balaban J connectivity index is 1.28. The van der Waals surface area contributed by atoms with E-state index in [4.69, 9.17) is 0 Å². The number of likely N-dealkylation sites (tertiary alicyclic amines) is 1. The maximum Gasteiger partial charge on any atom is 0.251 e. The van der Waals surface area contributed by atoms with E-state index in [2.05, 4.69) is 18.2 Å². The van der Waals surface area contributed by atoms with Gasteiger partial charge >= 0.3 is 0 Å². The van der Waals surface area contributed by atoms with Crippen molar-refractivity contribution in [3.05, 3.63) is 71.3 Å². The van der Waals surface area contributed by atoms with Crippen molar-refractivity contribution in [3.8, 4) is 0 Å². The summed E-state index contributed by atoms with van der Waals surface area (Å²) in [5.41, 5.74) is 3.29. The highest BCUT2D eigenvalue weighted by Crippen LogP contribution is 2.43. The van der Waals surface area contributed by atoms with E-state index in [9.17, 15) is 19.8 Å². The van der Waals surface area contributed by atoms with Crippen LogP contribution in [-0.4, -0.2) is 63.7 Å². The minimum atomic E-state index is -1.04. The zero-order chi connectivity index (χ0) is 24.4. The summed E-state index contributed by atoms with van der Waals surface area (Å²) in [6.07, 6.45) is 3.49. The minimum absolute atomic E-state index is 0.00415. The third-order valence-corrected chi connectivity index (χ3v) is 8.39. The van der Waals surface area contributed by atoms with Crippen molar-refractivity contribution in [1.82, 2.24) is 9.80 Å². The van der Waals surface area contributed by atoms with Crippen molar-refractivity contribution in [2.45, 2.75) is 69.1 Å². The Bertz CT molecular complexity index is 1040. The molecule has 0 radical (unpaired) electrons. The maximum atomic E-state index is 13.5. The van der Waals surface area contributed by atoms with Gasteiger partial charge in [0.25, 0.3) is 5.91 Å². The lowest BCUT2D eigenvalue weighted by molar-refractivity contribution is -0.144. The molecule has 6 heteroatoms. The van der Waals surface area contributed by atoms with E-state index in [1.807, 2.05) is 41.3 Å². The molecule has 0 bridgehead atoms. The second-order valence-corrected chi connectivity index (χ2v) is 10.7. The van der Waals surface area contributed by atoms with Crippen molar-refractivity contribution in [1.29, 1.82) is 0 Å². The van der Waals surface area contributed by atoms with Gasteiger partial charge in [-0.05, 0) is 55.2 Å². The molecule has 3 aliphatic rings.